The normalized spacial score (nSPS) is 26.5. The molecule has 0 aromatic heterocycles. The number of sulfonamides is 1. The van der Waals surface area contributed by atoms with Crippen LogP contribution in [0.4, 0.5) is 0 Å². The second kappa shape index (κ2) is 5.27. The molecule has 2 unspecified atom stereocenters. The molecule has 1 aliphatic heterocycles. The highest BCUT2D eigenvalue weighted by Crippen LogP contribution is 2.21. The molecule has 15 heavy (non-hydrogen) atoms. The van der Waals surface area contributed by atoms with Crippen molar-refractivity contribution in [2.75, 3.05) is 19.6 Å². The van der Waals surface area contributed by atoms with Crippen molar-refractivity contribution < 1.29 is 8.42 Å². The maximum Gasteiger partial charge on any atom is 0.218 e. The summed E-state index contributed by atoms with van der Waals surface area (Å²) in [6, 6.07) is 0. The van der Waals surface area contributed by atoms with Crippen molar-refractivity contribution >= 4 is 10.0 Å². The third kappa shape index (κ3) is 2.92. The molecule has 1 rings (SSSR count). The standard InChI is InChI=1S/C10H22N2O2S/c1-3-10(7-11)15(13,14)12-6-4-5-9(2)8-12/h9-10H,3-8,11H2,1-2H3. The largest absolute Gasteiger partial charge is 0.329 e. The zero-order valence-electron chi connectivity index (χ0n) is 9.65. The average Bonchev–Trinajstić information content (AvgIpc) is 2.19. The molecule has 1 fully saturated rings. The van der Waals surface area contributed by atoms with Crippen LogP contribution in [0.2, 0.25) is 0 Å². The van der Waals surface area contributed by atoms with Crippen LogP contribution in [-0.4, -0.2) is 37.6 Å². The van der Waals surface area contributed by atoms with E-state index in [0.29, 0.717) is 25.4 Å². The molecule has 1 saturated heterocycles. The Morgan fingerprint density at radius 2 is 2.20 bits per heavy atom. The Bertz CT molecular complexity index is 286. The van der Waals surface area contributed by atoms with E-state index in [1.54, 1.807) is 4.31 Å². The molecule has 4 nitrogen and oxygen atoms in total. The Balaban J connectivity index is 2.75. The average molecular weight is 234 g/mol. The minimum absolute atomic E-state index is 0.226. The predicted molar refractivity (Wildman–Crippen MR) is 62.0 cm³/mol. The van der Waals surface area contributed by atoms with Gasteiger partial charge in [-0.25, -0.2) is 12.7 Å². The van der Waals surface area contributed by atoms with Crippen molar-refractivity contribution in [3.8, 4) is 0 Å². The lowest BCUT2D eigenvalue weighted by Crippen LogP contribution is -2.46. The molecule has 0 aromatic carbocycles. The van der Waals surface area contributed by atoms with Crippen molar-refractivity contribution in [3.05, 3.63) is 0 Å². The topological polar surface area (TPSA) is 63.4 Å². The third-order valence-corrected chi connectivity index (χ3v) is 5.54. The van der Waals surface area contributed by atoms with Gasteiger partial charge in [-0.1, -0.05) is 13.8 Å². The van der Waals surface area contributed by atoms with Gasteiger partial charge in [0.1, 0.15) is 0 Å². The van der Waals surface area contributed by atoms with E-state index in [0.717, 1.165) is 12.8 Å². The zero-order valence-corrected chi connectivity index (χ0v) is 10.5. The first-order chi connectivity index (χ1) is 7.02. The number of nitrogens with two attached hydrogens (primary N) is 1. The van der Waals surface area contributed by atoms with E-state index >= 15 is 0 Å². The van der Waals surface area contributed by atoms with Gasteiger partial charge in [-0.3, -0.25) is 0 Å². The van der Waals surface area contributed by atoms with Gasteiger partial charge >= 0.3 is 0 Å². The molecule has 2 atom stereocenters. The number of hydrogen-bond donors (Lipinski definition) is 1. The van der Waals surface area contributed by atoms with Gasteiger partial charge in [0.05, 0.1) is 5.25 Å². The zero-order chi connectivity index (χ0) is 11.5. The Morgan fingerprint density at radius 3 is 2.67 bits per heavy atom. The van der Waals surface area contributed by atoms with Crippen LogP contribution in [0.5, 0.6) is 0 Å². The van der Waals surface area contributed by atoms with Crippen LogP contribution in [0, 0.1) is 5.92 Å². The van der Waals surface area contributed by atoms with Crippen molar-refractivity contribution in [2.45, 2.75) is 38.4 Å². The molecular formula is C10H22N2O2S. The van der Waals surface area contributed by atoms with E-state index in [-0.39, 0.29) is 6.54 Å². The third-order valence-electron chi connectivity index (χ3n) is 3.12. The minimum Gasteiger partial charge on any atom is -0.329 e. The van der Waals surface area contributed by atoms with Crippen molar-refractivity contribution in [3.63, 3.8) is 0 Å². The molecule has 90 valence electrons. The Morgan fingerprint density at radius 1 is 1.53 bits per heavy atom. The van der Waals surface area contributed by atoms with Crippen LogP contribution < -0.4 is 5.73 Å². The van der Waals surface area contributed by atoms with Crippen LogP contribution >= 0.6 is 0 Å². The molecule has 1 aliphatic rings. The highest BCUT2D eigenvalue weighted by molar-refractivity contribution is 7.89. The molecular weight excluding hydrogens is 212 g/mol. The quantitative estimate of drug-likeness (QED) is 0.782. The predicted octanol–water partition coefficient (Wildman–Crippen LogP) is 0.785. The molecule has 0 amide bonds. The number of piperidine rings is 1. The summed E-state index contributed by atoms with van der Waals surface area (Å²) >= 11 is 0. The van der Waals surface area contributed by atoms with Gasteiger partial charge in [0.15, 0.2) is 0 Å². The lowest BCUT2D eigenvalue weighted by atomic mass is 10.0. The highest BCUT2D eigenvalue weighted by Gasteiger charge is 2.32. The SMILES string of the molecule is CCC(CN)S(=O)(=O)N1CCCC(C)C1. The molecule has 5 heteroatoms. The summed E-state index contributed by atoms with van der Waals surface area (Å²) in [6.45, 7) is 5.54. The van der Waals surface area contributed by atoms with Crippen molar-refractivity contribution in [2.24, 2.45) is 11.7 Å². The Hall–Kier alpha value is -0.130. The lowest BCUT2D eigenvalue weighted by molar-refractivity contribution is 0.278. The summed E-state index contributed by atoms with van der Waals surface area (Å²) in [5.74, 6) is 0.476. The van der Waals surface area contributed by atoms with Crippen LogP contribution in [-0.2, 0) is 10.0 Å². The summed E-state index contributed by atoms with van der Waals surface area (Å²) < 4.78 is 25.9. The molecule has 2 N–H and O–H groups in total. The lowest BCUT2D eigenvalue weighted by Gasteiger charge is -2.32. The van der Waals surface area contributed by atoms with Gasteiger partial charge in [-0.05, 0) is 25.2 Å². The maximum absolute atomic E-state index is 12.1. The molecule has 0 radical (unpaired) electrons. The van der Waals surface area contributed by atoms with Crippen LogP contribution in [0.3, 0.4) is 0 Å². The van der Waals surface area contributed by atoms with Crippen molar-refractivity contribution in [1.29, 1.82) is 0 Å². The van der Waals surface area contributed by atoms with E-state index in [1.165, 1.54) is 0 Å². The second-order valence-electron chi connectivity index (χ2n) is 4.42. The fourth-order valence-electron chi connectivity index (χ4n) is 2.09. The monoisotopic (exact) mass is 234 g/mol. The maximum atomic E-state index is 12.1. The molecule has 0 saturated carbocycles. The minimum atomic E-state index is -3.15. The van der Waals surface area contributed by atoms with Crippen molar-refractivity contribution in [1.82, 2.24) is 4.31 Å². The van der Waals surface area contributed by atoms with Gasteiger partial charge in [0, 0.05) is 19.6 Å². The summed E-state index contributed by atoms with van der Waals surface area (Å²) in [6.07, 6.45) is 2.70. The second-order valence-corrected chi connectivity index (χ2v) is 6.63. The summed E-state index contributed by atoms with van der Waals surface area (Å²) in [7, 11) is -3.15. The number of nitrogens with zero attached hydrogens (tertiary/aromatic N) is 1. The fraction of sp³-hybridized carbons (Fsp3) is 1.00. The van der Waals surface area contributed by atoms with Crippen LogP contribution in [0.1, 0.15) is 33.1 Å². The number of rotatable bonds is 4. The highest BCUT2D eigenvalue weighted by atomic mass is 32.2. The first-order valence-corrected chi connectivity index (χ1v) is 7.21. The van der Waals surface area contributed by atoms with Gasteiger partial charge in [0.25, 0.3) is 0 Å². The number of hydrogen-bond acceptors (Lipinski definition) is 3. The van der Waals surface area contributed by atoms with Crippen LogP contribution in [0.25, 0.3) is 0 Å². The Labute approximate surface area is 92.9 Å². The van der Waals surface area contributed by atoms with E-state index in [9.17, 15) is 8.42 Å². The Kier molecular flexibility index (Phi) is 4.55. The first-order valence-electron chi connectivity index (χ1n) is 5.71. The first kappa shape index (κ1) is 12.9. The summed E-state index contributed by atoms with van der Waals surface area (Å²) in [5, 5.41) is -0.400. The van der Waals surface area contributed by atoms with E-state index in [2.05, 4.69) is 6.92 Å². The van der Waals surface area contributed by atoms with Gasteiger partial charge in [-0.15, -0.1) is 0 Å². The smallest absolute Gasteiger partial charge is 0.218 e. The van der Waals surface area contributed by atoms with E-state index < -0.39 is 15.3 Å². The van der Waals surface area contributed by atoms with Gasteiger partial charge < -0.3 is 5.73 Å². The summed E-state index contributed by atoms with van der Waals surface area (Å²) in [5.41, 5.74) is 5.50. The molecule has 0 bridgehead atoms. The van der Waals surface area contributed by atoms with Crippen LogP contribution in [0.15, 0.2) is 0 Å². The molecule has 0 spiro atoms. The van der Waals surface area contributed by atoms with E-state index in [4.69, 9.17) is 5.73 Å². The fourth-order valence-corrected chi connectivity index (χ4v) is 4.02. The summed E-state index contributed by atoms with van der Waals surface area (Å²) in [4.78, 5) is 0. The van der Waals surface area contributed by atoms with Gasteiger partial charge in [-0.2, -0.15) is 0 Å². The van der Waals surface area contributed by atoms with Gasteiger partial charge in [0.2, 0.25) is 10.0 Å². The molecule has 1 heterocycles. The molecule has 0 aliphatic carbocycles. The molecule has 0 aromatic rings. The van der Waals surface area contributed by atoms with E-state index in [1.807, 2.05) is 6.92 Å².